The number of para-hydroxylation sites is 2. The van der Waals surface area contributed by atoms with Crippen molar-refractivity contribution in [1.82, 2.24) is 4.90 Å². The van der Waals surface area contributed by atoms with Gasteiger partial charge in [0.25, 0.3) is 0 Å². The SMILES string of the molecule is CC(C)C(N)CCN(C)CC1COc2ccccc2O1. The van der Waals surface area contributed by atoms with E-state index in [1.165, 1.54) is 0 Å². The molecule has 1 aromatic rings. The fraction of sp³-hybridized carbons (Fsp3) is 0.625. The largest absolute Gasteiger partial charge is 0.486 e. The maximum atomic E-state index is 6.08. The van der Waals surface area contributed by atoms with Crippen molar-refractivity contribution >= 4 is 0 Å². The summed E-state index contributed by atoms with van der Waals surface area (Å²) in [6.07, 6.45) is 1.10. The van der Waals surface area contributed by atoms with Crippen molar-refractivity contribution in [2.45, 2.75) is 32.4 Å². The lowest BCUT2D eigenvalue weighted by Crippen LogP contribution is -2.41. The van der Waals surface area contributed by atoms with Gasteiger partial charge >= 0.3 is 0 Å². The van der Waals surface area contributed by atoms with Crippen molar-refractivity contribution in [1.29, 1.82) is 0 Å². The minimum absolute atomic E-state index is 0.0881. The Morgan fingerprint density at radius 1 is 1.30 bits per heavy atom. The molecule has 0 spiro atoms. The van der Waals surface area contributed by atoms with Gasteiger partial charge in [-0.1, -0.05) is 26.0 Å². The molecule has 0 aliphatic carbocycles. The van der Waals surface area contributed by atoms with E-state index in [0.29, 0.717) is 12.5 Å². The molecule has 0 saturated carbocycles. The van der Waals surface area contributed by atoms with Gasteiger partial charge in [-0.05, 0) is 38.1 Å². The highest BCUT2D eigenvalue weighted by Gasteiger charge is 2.22. The molecule has 0 fully saturated rings. The second-order valence-corrected chi connectivity index (χ2v) is 5.96. The van der Waals surface area contributed by atoms with E-state index >= 15 is 0 Å². The van der Waals surface area contributed by atoms with E-state index < -0.39 is 0 Å². The zero-order chi connectivity index (χ0) is 14.5. The number of nitrogens with two attached hydrogens (primary N) is 1. The summed E-state index contributed by atoms with van der Waals surface area (Å²) >= 11 is 0. The molecule has 0 radical (unpaired) electrons. The molecular formula is C16H26N2O2. The maximum absolute atomic E-state index is 6.08. The second-order valence-electron chi connectivity index (χ2n) is 5.96. The molecule has 2 N–H and O–H groups in total. The van der Waals surface area contributed by atoms with Gasteiger partial charge in [0, 0.05) is 12.6 Å². The van der Waals surface area contributed by atoms with Crippen LogP contribution in [0.2, 0.25) is 0 Å². The Morgan fingerprint density at radius 3 is 2.70 bits per heavy atom. The highest BCUT2D eigenvalue weighted by Crippen LogP contribution is 2.30. The summed E-state index contributed by atoms with van der Waals surface area (Å²) in [5, 5.41) is 0. The summed E-state index contributed by atoms with van der Waals surface area (Å²) in [6.45, 7) is 6.79. The molecule has 0 aromatic heterocycles. The number of nitrogens with zero attached hydrogens (tertiary/aromatic N) is 1. The van der Waals surface area contributed by atoms with Gasteiger partial charge in [-0.15, -0.1) is 0 Å². The predicted octanol–water partition coefficient (Wildman–Crippen LogP) is 2.13. The van der Waals surface area contributed by atoms with Crippen LogP contribution in [0.25, 0.3) is 0 Å². The first-order valence-corrected chi connectivity index (χ1v) is 7.39. The fourth-order valence-electron chi connectivity index (χ4n) is 2.29. The van der Waals surface area contributed by atoms with Crippen molar-refractivity contribution in [3.8, 4) is 11.5 Å². The van der Waals surface area contributed by atoms with E-state index in [-0.39, 0.29) is 12.1 Å². The van der Waals surface area contributed by atoms with Crippen LogP contribution in [-0.2, 0) is 0 Å². The molecule has 0 bridgehead atoms. The lowest BCUT2D eigenvalue weighted by Gasteiger charge is -2.30. The van der Waals surface area contributed by atoms with E-state index in [9.17, 15) is 0 Å². The van der Waals surface area contributed by atoms with Crippen molar-refractivity contribution < 1.29 is 9.47 Å². The standard InChI is InChI=1S/C16H26N2O2/c1-12(2)14(17)8-9-18(3)10-13-11-19-15-6-4-5-7-16(15)20-13/h4-7,12-14H,8-11,17H2,1-3H3. The molecule has 1 aromatic carbocycles. The highest BCUT2D eigenvalue weighted by atomic mass is 16.6. The number of benzene rings is 1. The van der Waals surface area contributed by atoms with Gasteiger partial charge in [-0.2, -0.15) is 0 Å². The summed E-state index contributed by atoms with van der Waals surface area (Å²) in [5.41, 5.74) is 6.08. The average Bonchev–Trinajstić information content (AvgIpc) is 2.44. The Bertz CT molecular complexity index is 423. The van der Waals surface area contributed by atoms with Crippen molar-refractivity contribution in [2.24, 2.45) is 11.7 Å². The van der Waals surface area contributed by atoms with Crippen molar-refractivity contribution in [3.05, 3.63) is 24.3 Å². The van der Waals surface area contributed by atoms with Gasteiger partial charge < -0.3 is 20.1 Å². The Kier molecular flexibility index (Phi) is 5.26. The van der Waals surface area contributed by atoms with Crippen molar-refractivity contribution in [3.63, 3.8) is 0 Å². The number of hydrogen-bond donors (Lipinski definition) is 1. The van der Waals surface area contributed by atoms with Crippen LogP contribution in [-0.4, -0.2) is 43.8 Å². The zero-order valence-corrected chi connectivity index (χ0v) is 12.7. The smallest absolute Gasteiger partial charge is 0.161 e. The lowest BCUT2D eigenvalue weighted by atomic mass is 10.0. The third kappa shape index (κ3) is 4.12. The number of ether oxygens (including phenoxy) is 2. The van der Waals surface area contributed by atoms with Gasteiger partial charge in [0.15, 0.2) is 11.5 Å². The molecule has 1 heterocycles. The molecular weight excluding hydrogens is 252 g/mol. The third-order valence-corrected chi connectivity index (χ3v) is 3.78. The van der Waals surface area contributed by atoms with Crippen LogP contribution in [0.4, 0.5) is 0 Å². The van der Waals surface area contributed by atoms with Gasteiger partial charge in [-0.25, -0.2) is 0 Å². The highest BCUT2D eigenvalue weighted by molar-refractivity contribution is 5.40. The minimum Gasteiger partial charge on any atom is -0.486 e. The van der Waals surface area contributed by atoms with Crippen LogP contribution in [0, 0.1) is 5.92 Å². The molecule has 1 aliphatic rings. The van der Waals surface area contributed by atoms with E-state index in [4.69, 9.17) is 15.2 Å². The molecule has 20 heavy (non-hydrogen) atoms. The van der Waals surface area contributed by atoms with Gasteiger partial charge in [0.05, 0.1) is 0 Å². The molecule has 4 heteroatoms. The van der Waals surface area contributed by atoms with Crippen LogP contribution >= 0.6 is 0 Å². The number of hydrogen-bond acceptors (Lipinski definition) is 4. The van der Waals surface area contributed by atoms with Crippen LogP contribution in [0.1, 0.15) is 20.3 Å². The first kappa shape index (κ1) is 15.1. The van der Waals surface area contributed by atoms with E-state index in [1.807, 2.05) is 24.3 Å². The normalized spacial score (nSPS) is 19.4. The van der Waals surface area contributed by atoms with Gasteiger partial charge in [0.1, 0.15) is 12.7 Å². The van der Waals surface area contributed by atoms with Crippen LogP contribution in [0.5, 0.6) is 11.5 Å². The summed E-state index contributed by atoms with van der Waals surface area (Å²) in [5.74, 6) is 2.22. The number of likely N-dealkylation sites (N-methyl/N-ethyl adjacent to an activating group) is 1. The first-order valence-electron chi connectivity index (χ1n) is 7.39. The van der Waals surface area contributed by atoms with Crippen LogP contribution < -0.4 is 15.2 Å². The van der Waals surface area contributed by atoms with E-state index in [0.717, 1.165) is 31.0 Å². The first-order chi connectivity index (χ1) is 9.56. The van der Waals surface area contributed by atoms with Gasteiger partial charge in [-0.3, -0.25) is 0 Å². The Balaban J connectivity index is 1.77. The molecule has 0 amide bonds. The van der Waals surface area contributed by atoms with E-state index in [2.05, 4.69) is 25.8 Å². The third-order valence-electron chi connectivity index (χ3n) is 3.78. The van der Waals surface area contributed by atoms with E-state index in [1.54, 1.807) is 0 Å². The summed E-state index contributed by atoms with van der Waals surface area (Å²) in [6, 6.07) is 8.09. The minimum atomic E-state index is 0.0881. The molecule has 2 unspecified atom stereocenters. The van der Waals surface area contributed by atoms with Gasteiger partial charge in [0.2, 0.25) is 0 Å². The Morgan fingerprint density at radius 2 is 2.00 bits per heavy atom. The Labute approximate surface area is 121 Å². The summed E-state index contributed by atoms with van der Waals surface area (Å²) in [4.78, 5) is 2.27. The predicted molar refractivity (Wildman–Crippen MR) is 81.3 cm³/mol. The monoisotopic (exact) mass is 278 g/mol. The second kappa shape index (κ2) is 6.95. The maximum Gasteiger partial charge on any atom is 0.161 e. The quantitative estimate of drug-likeness (QED) is 0.866. The zero-order valence-electron chi connectivity index (χ0n) is 12.7. The summed E-state index contributed by atoms with van der Waals surface area (Å²) in [7, 11) is 2.11. The average molecular weight is 278 g/mol. The molecule has 112 valence electrons. The summed E-state index contributed by atoms with van der Waals surface area (Å²) < 4.78 is 11.7. The number of fused-ring (bicyclic) bond motifs is 1. The topological polar surface area (TPSA) is 47.7 Å². The molecule has 2 rings (SSSR count). The molecule has 1 aliphatic heterocycles. The van der Waals surface area contributed by atoms with Crippen LogP contribution in [0.3, 0.4) is 0 Å². The van der Waals surface area contributed by atoms with Crippen molar-refractivity contribution in [2.75, 3.05) is 26.7 Å². The lowest BCUT2D eigenvalue weighted by molar-refractivity contribution is 0.0645. The number of rotatable bonds is 6. The fourth-order valence-corrected chi connectivity index (χ4v) is 2.29. The molecule has 0 saturated heterocycles. The van der Waals surface area contributed by atoms with Crippen LogP contribution in [0.15, 0.2) is 24.3 Å². The Hall–Kier alpha value is -1.26. The molecule has 4 nitrogen and oxygen atoms in total. The molecule has 2 atom stereocenters.